The van der Waals surface area contributed by atoms with Gasteiger partial charge in [-0.3, -0.25) is 9.59 Å². The Balaban J connectivity index is 1.42. The fraction of sp³-hybridized carbons (Fsp3) is 0.909. The number of carbonyl (C=O) groups is 2. The van der Waals surface area contributed by atoms with E-state index in [0.717, 1.165) is 64.2 Å². The molecule has 1 aliphatic carbocycles. The maximum absolute atomic E-state index is 13.4. The van der Waals surface area contributed by atoms with E-state index in [1.807, 2.05) is 4.90 Å². The second-order valence-corrected chi connectivity index (χ2v) is 9.64. The fourth-order valence-corrected chi connectivity index (χ4v) is 5.48. The number of likely N-dealkylation sites (N-methyl/N-ethyl adjacent to an activating group) is 1. The molecule has 0 aromatic carbocycles. The largest absolute Gasteiger partial charge is 0.368 e. The number of nitrogens with zero attached hydrogens (tertiary/aromatic N) is 3. The van der Waals surface area contributed by atoms with Crippen LogP contribution in [0.4, 0.5) is 0 Å². The Hall–Kier alpha value is -1.18. The highest BCUT2D eigenvalue weighted by Gasteiger charge is 2.42. The van der Waals surface area contributed by atoms with Crippen molar-refractivity contribution in [1.82, 2.24) is 20.0 Å². The molecule has 1 unspecified atom stereocenters. The van der Waals surface area contributed by atoms with E-state index in [0.29, 0.717) is 19.2 Å². The minimum atomic E-state index is -0.276. The molecule has 3 saturated heterocycles. The van der Waals surface area contributed by atoms with E-state index in [1.54, 1.807) is 0 Å². The van der Waals surface area contributed by atoms with E-state index >= 15 is 0 Å². The second-order valence-electron chi connectivity index (χ2n) is 9.64. The van der Waals surface area contributed by atoms with Crippen LogP contribution in [0.1, 0.15) is 51.9 Å². The fourth-order valence-electron chi connectivity index (χ4n) is 5.48. The second kappa shape index (κ2) is 9.31. The van der Waals surface area contributed by atoms with Crippen LogP contribution in [0, 0.1) is 5.92 Å². The first-order valence-corrected chi connectivity index (χ1v) is 11.7. The molecule has 0 spiro atoms. The zero-order valence-electron chi connectivity index (χ0n) is 18.1. The lowest BCUT2D eigenvalue weighted by Gasteiger charge is -2.41. The Morgan fingerprint density at radius 1 is 1.00 bits per heavy atom. The van der Waals surface area contributed by atoms with E-state index in [1.165, 1.54) is 12.8 Å². The lowest BCUT2D eigenvalue weighted by Crippen LogP contribution is -2.53. The Morgan fingerprint density at radius 3 is 2.38 bits per heavy atom. The predicted octanol–water partition coefficient (Wildman–Crippen LogP) is 1.08. The minimum Gasteiger partial charge on any atom is -0.368 e. The third-order valence-corrected chi connectivity index (χ3v) is 7.45. The van der Waals surface area contributed by atoms with E-state index in [2.05, 4.69) is 29.1 Å². The third-order valence-electron chi connectivity index (χ3n) is 7.45. The normalized spacial score (nSPS) is 36.3. The lowest BCUT2D eigenvalue weighted by molar-refractivity contribution is -0.147. The van der Waals surface area contributed by atoms with E-state index in [9.17, 15) is 9.59 Å². The molecule has 7 nitrogen and oxygen atoms in total. The summed E-state index contributed by atoms with van der Waals surface area (Å²) in [5.41, 5.74) is 0. The lowest BCUT2D eigenvalue weighted by atomic mass is 9.85. The Kier molecular flexibility index (Phi) is 6.76. The number of hydrogen-bond donors (Lipinski definition) is 1. The van der Waals surface area contributed by atoms with Gasteiger partial charge in [0.1, 0.15) is 6.10 Å². The van der Waals surface area contributed by atoms with Gasteiger partial charge in [-0.25, -0.2) is 0 Å². The molecule has 4 rings (SSSR count). The van der Waals surface area contributed by atoms with Crippen molar-refractivity contribution in [3.63, 3.8) is 0 Å². The zero-order chi connectivity index (χ0) is 20.4. The van der Waals surface area contributed by atoms with Crippen LogP contribution >= 0.6 is 0 Å². The zero-order valence-corrected chi connectivity index (χ0v) is 18.1. The molecular formula is C22H38N4O3. The standard InChI is InChI=1S/C22H38N4O3/c1-16-5-7-17(8-6-16)26(22(28)20-4-3-13-29-20)18-14-19(23-15-18)21(27)25-11-9-24(2)10-12-25/h16-20,23H,3-15H2,1-2H3/t16?,17?,18-,19+,20?/m1/s1. The molecule has 0 aromatic rings. The van der Waals surface area contributed by atoms with Crippen molar-refractivity contribution in [3.05, 3.63) is 0 Å². The molecule has 3 aliphatic heterocycles. The molecule has 4 aliphatic rings. The molecule has 164 valence electrons. The molecule has 1 N–H and O–H groups in total. The number of nitrogens with one attached hydrogen (secondary N) is 1. The van der Waals surface area contributed by atoms with Gasteiger partial charge in [-0.2, -0.15) is 0 Å². The van der Waals surface area contributed by atoms with Crippen LogP contribution in [-0.4, -0.2) is 97.1 Å². The highest BCUT2D eigenvalue weighted by atomic mass is 16.5. The summed E-state index contributed by atoms with van der Waals surface area (Å²) in [6.07, 6.45) is 6.78. The first-order valence-electron chi connectivity index (χ1n) is 11.7. The van der Waals surface area contributed by atoms with Gasteiger partial charge in [0, 0.05) is 51.4 Å². The molecule has 0 bridgehead atoms. The summed E-state index contributed by atoms with van der Waals surface area (Å²) in [4.78, 5) is 32.8. The summed E-state index contributed by atoms with van der Waals surface area (Å²) in [5.74, 6) is 1.13. The van der Waals surface area contributed by atoms with Crippen molar-refractivity contribution < 1.29 is 14.3 Å². The number of hydrogen-bond acceptors (Lipinski definition) is 5. The molecule has 4 fully saturated rings. The smallest absolute Gasteiger partial charge is 0.252 e. The molecule has 1 saturated carbocycles. The summed E-state index contributed by atoms with van der Waals surface area (Å²) < 4.78 is 5.76. The first kappa shape index (κ1) is 21.1. The predicted molar refractivity (Wildman–Crippen MR) is 112 cm³/mol. The minimum absolute atomic E-state index is 0.103. The van der Waals surface area contributed by atoms with Gasteiger partial charge in [-0.1, -0.05) is 6.92 Å². The average Bonchev–Trinajstić information content (AvgIpc) is 3.42. The van der Waals surface area contributed by atoms with Crippen molar-refractivity contribution in [1.29, 1.82) is 0 Å². The maximum atomic E-state index is 13.4. The molecule has 29 heavy (non-hydrogen) atoms. The molecule has 2 amide bonds. The van der Waals surface area contributed by atoms with Gasteiger partial charge < -0.3 is 24.8 Å². The first-order chi connectivity index (χ1) is 14.0. The molecular weight excluding hydrogens is 368 g/mol. The van der Waals surface area contributed by atoms with E-state index in [-0.39, 0.29) is 30.0 Å². The van der Waals surface area contributed by atoms with Gasteiger partial charge in [-0.15, -0.1) is 0 Å². The van der Waals surface area contributed by atoms with Gasteiger partial charge in [0.2, 0.25) is 5.91 Å². The highest BCUT2D eigenvalue weighted by Crippen LogP contribution is 2.32. The number of carbonyl (C=O) groups excluding carboxylic acids is 2. The van der Waals surface area contributed by atoms with Crippen molar-refractivity contribution in [2.75, 3.05) is 46.4 Å². The highest BCUT2D eigenvalue weighted by molar-refractivity contribution is 5.84. The molecule has 0 radical (unpaired) electrons. The van der Waals surface area contributed by atoms with Crippen LogP contribution in [0.3, 0.4) is 0 Å². The van der Waals surface area contributed by atoms with Gasteiger partial charge in [0.25, 0.3) is 5.91 Å². The van der Waals surface area contributed by atoms with Crippen molar-refractivity contribution in [3.8, 4) is 0 Å². The van der Waals surface area contributed by atoms with Gasteiger partial charge in [-0.05, 0) is 57.9 Å². The SMILES string of the molecule is CC1CCC(N(C(=O)C2CCCO2)[C@H]2CN[C@H](C(=O)N3CCN(C)CC3)C2)CC1. The average molecular weight is 407 g/mol. The topological polar surface area (TPSA) is 65.1 Å². The molecule has 3 atom stereocenters. The van der Waals surface area contributed by atoms with Crippen LogP contribution in [0.2, 0.25) is 0 Å². The van der Waals surface area contributed by atoms with Crippen molar-refractivity contribution in [2.24, 2.45) is 5.92 Å². The van der Waals surface area contributed by atoms with E-state index in [4.69, 9.17) is 4.74 Å². The van der Waals surface area contributed by atoms with Crippen LogP contribution in [0.25, 0.3) is 0 Å². The summed E-state index contributed by atoms with van der Waals surface area (Å²) in [7, 11) is 2.10. The van der Waals surface area contributed by atoms with Gasteiger partial charge in [0.15, 0.2) is 0 Å². The summed E-state index contributed by atoms with van der Waals surface area (Å²) in [6, 6.07) is 0.240. The van der Waals surface area contributed by atoms with Crippen molar-refractivity contribution >= 4 is 11.8 Å². The van der Waals surface area contributed by atoms with Crippen molar-refractivity contribution in [2.45, 2.75) is 76.1 Å². The quantitative estimate of drug-likeness (QED) is 0.757. The van der Waals surface area contributed by atoms with Crippen LogP contribution in [0.5, 0.6) is 0 Å². The van der Waals surface area contributed by atoms with Gasteiger partial charge >= 0.3 is 0 Å². The van der Waals surface area contributed by atoms with Gasteiger partial charge in [0.05, 0.1) is 6.04 Å². The van der Waals surface area contributed by atoms with Crippen LogP contribution in [0.15, 0.2) is 0 Å². The third kappa shape index (κ3) is 4.78. The summed E-state index contributed by atoms with van der Waals surface area (Å²) >= 11 is 0. The molecule has 7 heteroatoms. The Morgan fingerprint density at radius 2 is 1.72 bits per heavy atom. The number of piperazine rings is 1. The maximum Gasteiger partial charge on any atom is 0.252 e. The number of ether oxygens (including phenoxy) is 1. The summed E-state index contributed by atoms with van der Waals surface area (Å²) in [6.45, 7) is 7.20. The molecule has 3 heterocycles. The number of rotatable bonds is 4. The Bertz CT molecular complexity index is 579. The summed E-state index contributed by atoms with van der Waals surface area (Å²) in [5, 5.41) is 3.45. The van der Waals surface area contributed by atoms with Crippen LogP contribution < -0.4 is 5.32 Å². The molecule has 0 aromatic heterocycles. The van der Waals surface area contributed by atoms with E-state index < -0.39 is 0 Å². The van der Waals surface area contributed by atoms with Crippen LogP contribution in [-0.2, 0) is 14.3 Å². The number of amides is 2. The monoisotopic (exact) mass is 406 g/mol. The Labute approximate surface area is 175 Å².